The summed E-state index contributed by atoms with van der Waals surface area (Å²) in [6, 6.07) is 12.5. The van der Waals surface area contributed by atoms with Crippen molar-refractivity contribution >= 4 is 23.2 Å². The van der Waals surface area contributed by atoms with Gasteiger partial charge in [-0.25, -0.2) is 0 Å². The molecule has 0 radical (unpaired) electrons. The van der Waals surface area contributed by atoms with Gasteiger partial charge in [0.2, 0.25) is 0 Å². The van der Waals surface area contributed by atoms with Gasteiger partial charge < -0.3 is 20.1 Å². The van der Waals surface area contributed by atoms with Crippen LogP contribution in [0.2, 0.25) is 0 Å². The van der Waals surface area contributed by atoms with E-state index in [9.17, 15) is 9.59 Å². The molecule has 1 aliphatic rings. The number of nitrogens with one attached hydrogen (secondary N) is 2. The van der Waals surface area contributed by atoms with Crippen LogP contribution >= 0.6 is 0 Å². The van der Waals surface area contributed by atoms with E-state index < -0.39 is 0 Å². The number of hydrogen-bond donors (Lipinski definition) is 2. The van der Waals surface area contributed by atoms with E-state index >= 15 is 0 Å². The fraction of sp³-hybridized carbons (Fsp3) is 0.176. The number of ether oxygens (including phenoxy) is 2. The van der Waals surface area contributed by atoms with Crippen LogP contribution in [0.25, 0.3) is 0 Å². The van der Waals surface area contributed by atoms with Crippen molar-refractivity contribution in [3.63, 3.8) is 0 Å². The Hall–Kier alpha value is -3.02. The molecule has 1 heterocycles. The molecular weight excluding hydrogens is 296 g/mol. The van der Waals surface area contributed by atoms with Crippen molar-refractivity contribution in [3.05, 3.63) is 48.0 Å². The number of rotatable bonds is 4. The largest absolute Gasteiger partial charge is 0.484 e. The Balaban J connectivity index is 1.59. The van der Waals surface area contributed by atoms with E-state index in [1.54, 1.807) is 18.2 Å². The second-order valence-electron chi connectivity index (χ2n) is 5.20. The summed E-state index contributed by atoms with van der Waals surface area (Å²) in [7, 11) is 0. The Labute approximate surface area is 133 Å². The van der Waals surface area contributed by atoms with Crippen molar-refractivity contribution in [2.75, 3.05) is 23.8 Å². The first kappa shape index (κ1) is 14.9. The van der Waals surface area contributed by atoms with Gasteiger partial charge in [-0.15, -0.1) is 0 Å². The highest BCUT2D eigenvalue weighted by Gasteiger charge is 2.16. The monoisotopic (exact) mass is 312 g/mol. The number of hydrogen-bond acceptors (Lipinski definition) is 4. The molecule has 0 aliphatic carbocycles. The third kappa shape index (κ3) is 3.79. The highest BCUT2D eigenvalue weighted by atomic mass is 16.5. The summed E-state index contributed by atoms with van der Waals surface area (Å²) in [5.74, 6) is 0.593. The molecule has 0 saturated heterocycles. The van der Waals surface area contributed by atoms with Crippen LogP contribution in [0.3, 0.4) is 0 Å². The Morgan fingerprint density at radius 2 is 2.17 bits per heavy atom. The zero-order valence-electron chi connectivity index (χ0n) is 12.6. The molecule has 0 atom stereocenters. The van der Waals surface area contributed by atoms with Gasteiger partial charge in [0.1, 0.15) is 11.5 Å². The van der Waals surface area contributed by atoms with Crippen LogP contribution in [0.5, 0.6) is 11.5 Å². The minimum Gasteiger partial charge on any atom is -0.484 e. The summed E-state index contributed by atoms with van der Waals surface area (Å²) in [5, 5.41) is 5.45. The first-order valence-corrected chi connectivity index (χ1v) is 7.16. The summed E-state index contributed by atoms with van der Waals surface area (Å²) < 4.78 is 10.7. The molecule has 0 unspecified atom stereocenters. The summed E-state index contributed by atoms with van der Waals surface area (Å²) in [6.45, 7) is 1.84. The Kier molecular flexibility index (Phi) is 4.14. The molecule has 1 aliphatic heterocycles. The van der Waals surface area contributed by atoms with Crippen LogP contribution in [-0.2, 0) is 9.59 Å². The van der Waals surface area contributed by atoms with Gasteiger partial charge in [-0.2, -0.15) is 0 Å². The zero-order chi connectivity index (χ0) is 16.2. The number of carbonyl (C=O) groups is 2. The molecule has 3 rings (SSSR count). The fourth-order valence-corrected chi connectivity index (χ4v) is 2.22. The maximum Gasteiger partial charge on any atom is 0.262 e. The van der Waals surface area contributed by atoms with E-state index in [2.05, 4.69) is 10.6 Å². The molecule has 6 nitrogen and oxygen atoms in total. The first-order chi connectivity index (χ1) is 11.1. The normalized spacial score (nSPS) is 12.7. The third-order valence-electron chi connectivity index (χ3n) is 3.26. The summed E-state index contributed by atoms with van der Waals surface area (Å²) >= 11 is 0. The number of benzene rings is 2. The fourth-order valence-electron chi connectivity index (χ4n) is 2.22. The van der Waals surface area contributed by atoms with E-state index in [1.807, 2.05) is 31.2 Å². The number of anilines is 2. The van der Waals surface area contributed by atoms with Gasteiger partial charge in [0.15, 0.2) is 13.2 Å². The molecule has 0 saturated carbocycles. The Morgan fingerprint density at radius 1 is 1.30 bits per heavy atom. The molecule has 0 spiro atoms. The van der Waals surface area contributed by atoms with Crippen molar-refractivity contribution < 1.29 is 19.1 Å². The van der Waals surface area contributed by atoms with Crippen LogP contribution in [0.4, 0.5) is 11.4 Å². The van der Waals surface area contributed by atoms with Crippen LogP contribution in [-0.4, -0.2) is 25.0 Å². The molecular formula is C17H16N2O4. The standard InChI is InChI=1S/C17H16N2O4/c1-11-3-2-4-12(7-11)18-16(20)9-22-13-5-6-15-14(8-13)19-17(21)10-23-15/h2-8H,9-10H2,1H3,(H,18,20)(H,19,21). The highest BCUT2D eigenvalue weighted by molar-refractivity contribution is 5.95. The molecule has 2 N–H and O–H groups in total. The maximum absolute atomic E-state index is 11.9. The topological polar surface area (TPSA) is 76.7 Å². The van der Waals surface area contributed by atoms with Crippen molar-refractivity contribution in [3.8, 4) is 11.5 Å². The van der Waals surface area contributed by atoms with Crippen LogP contribution in [0.1, 0.15) is 5.56 Å². The second kappa shape index (κ2) is 6.39. The minimum atomic E-state index is -0.256. The molecule has 118 valence electrons. The summed E-state index contributed by atoms with van der Waals surface area (Å²) in [5.41, 5.74) is 2.33. The average Bonchev–Trinajstić information content (AvgIpc) is 2.52. The molecule has 6 heteroatoms. The number of carbonyl (C=O) groups excluding carboxylic acids is 2. The van der Waals surface area contributed by atoms with E-state index in [0.717, 1.165) is 11.3 Å². The van der Waals surface area contributed by atoms with Gasteiger partial charge in [0.25, 0.3) is 11.8 Å². The van der Waals surface area contributed by atoms with Crippen LogP contribution in [0.15, 0.2) is 42.5 Å². The van der Waals surface area contributed by atoms with Gasteiger partial charge in [-0.1, -0.05) is 12.1 Å². The predicted molar refractivity (Wildman–Crippen MR) is 85.9 cm³/mol. The van der Waals surface area contributed by atoms with Crippen LogP contribution in [0, 0.1) is 6.92 Å². The van der Waals surface area contributed by atoms with Crippen molar-refractivity contribution in [2.24, 2.45) is 0 Å². The summed E-state index contributed by atoms with van der Waals surface area (Å²) in [4.78, 5) is 23.2. The van der Waals surface area contributed by atoms with Gasteiger partial charge in [-0.3, -0.25) is 9.59 Å². The third-order valence-corrected chi connectivity index (χ3v) is 3.26. The second-order valence-corrected chi connectivity index (χ2v) is 5.20. The van der Waals surface area contributed by atoms with Crippen LogP contribution < -0.4 is 20.1 Å². The lowest BCUT2D eigenvalue weighted by atomic mass is 10.2. The van der Waals surface area contributed by atoms with E-state index in [4.69, 9.17) is 9.47 Å². The van der Waals surface area contributed by atoms with Gasteiger partial charge in [0.05, 0.1) is 5.69 Å². The number of aryl methyl sites for hydroxylation is 1. The molecule has 0 aromatic heterocycles. The molecule has 2 aromatic carbocycles. The quantitative estimate of drug-likeness (QED) is 0.908. The lowest BCUT2D eigenvalue weighted by molar-refractivity contribution is -0.119. The predicted octanol–water partition coefficient (Wildman–Crippen LogP) is 2.34. The van der Waals surface area contributed by atoms with Gasteiger partial charge >= 0.3 is 0 Å². The molecule has 2 amide bonds. The zero-order valence-corrected chi connectivity index (χ0v) is 12.6. The van der Waals surface area contributed by atoms with E-state index in [0.29, 0.717) is 17.2 Å². The van der Waals surface area contributed by atoms with Crippen molar-refractivity contribution in [1.82, 2.24) is 0 Å². The minimum absolute atomic E-state index is 0.00605. The lowest BCUT2D eigenvalue weighted by Crippen LogP contribution is -2.25. The number of fused-ring (bicyclic) bond motifs is 1. The number of amides is 2. The van der Waals surface area contributed by atoms with Crippen molar-refractivity contribution in [2.45, 2.75) is 6.92 Å². The summed E-state index contributed by atoms with van der Waals surface area (Å²) in [6.07, 6.45) is 0. The SMILES string of the molecule is Cc1cccc(NC(=O)COc2ccc3c(c2)NC(=O)CO3)c1. The Morgan fingerprint density at radius 3 is 3.00 bits per heavy atom. The van der Waals surface area contributed by atoms with Gasteiger partial charge in [-0.05, 0) is 36.8 Å². The molecule has 2 aromatic rings. The maximum atomic E-state index is 11.9. The Bertz CT molecular complexity index is 758. The van der Waals surface area contributed by atoms with Gasteiger partial charge in [0, 0.05) is 11.8 Å². The molecule has 0 fully saturated rings. The molecule has 0 bridgehead atoms. The van der Waals surface area contributed by atoms with Crippen molar-refractivity contribution in [1.29, 1.82) is 0 Å². The smallest absolute Gasteiger partial charge is 0.262 e. The van der Waals surface area contributed by atoms with E-state index in [-0.39, 0.29) is 25.0 Å². The highest BCUT2D eigenvalue weighted by Crippen LogP contribution is 2.31. The average molecular weight is 312 g/mol. The first-order valence-electron chi connectivity index (χ1n) is 7.16. The van der Waals surface area contributed by atoms with E-state index in [1.165, 1.54) is 0 Å². The lowest BCUT2D eigenvalue weighted by Gasteiger charge is -2.18. The molecule has 23 heavy (non-hydrogen) atoms.